The SMILES string of the molecule is O=C(ON=C(Cn1nnc(N2CCCCC2)n1)c1ccc(Cl)cc1)c1ccc(Cl)cc1Cl. The Bertz CT molecular complexity index is 1130. The van der Waals surface area contributed by atoms with E-state index in [0.29, 0.717) is 27.3 Å². The number of piperidine rings is 1. The van der Waals surface area contributed by atoms with Crippen LogP contribution in [0.4, 0.5) is 5.95 Å². The summed E-state index contributed by atoms with van der Waals surface area (Å²) in [5, 5.41) is 18.0. The second kappa shape index (κ2) is 10.3. The van der Waals surface area contributed by atoms with E-state index < -0.39 is 5.97 Å². The van der Waals surface area contributed by atoms with Crippen LogP contribution in [0.15, 0.2) is 47.6 Å². The molecule has 0 spiro atoms. The molecule has 1 saturated heterocycles. The highest BCUT2D eigenvalue weighted by Crippen LogP contribution is 2.22. The van der Waals surface area contributed by atoms with E-state index in [4.69, 9.17) is 39.6 Å². The van der Waals surface area contributed by atoms with Gasteiger partial charge >= 0.3 is 5.97 Å². The van der Waals surface area contributed by atoms with E-state index in [1.165, 1.54) is 23.4 Å². The summed E-state index contributed by atoms with van der Waals surface area (Å²) in [6, 6.07) is 11.5. The number of benzene rings is 2. The van der Waals surface area contributed by atoms with Crippen molar-refractivity contribution in [1.29, 1.82) is 0 Å². The highest BCUT2D eigenvalue weighted by molar-refractivity contribution is 6.36. The fraction of sp³-hybridized carbons (Fsp3) is 0.286. The van der Waals surface area contributed by atoms with Crippen molar-refractivity contribution in [3.63, 3.8) is 0 Å². The maximum atomic E-state index is 12.5. The molecule has 1 aliphatic heterocycles. The first kappa shape index (κ1) is 22.5. The van der Waals surface area contributed by atoms with Crippen molar-refractivity contribution in [2.75, 3.05) is 18.0 Å². The van der Waals surface area contributed by atoms with Gasteiger partial charge in [-0.3, -0.25) is 0 Å². The number of hydrogen-bond donors (Lipinski definition) is 0. The van der Waals surface area contributed by atoms with E-state index in [-0.39, 0.29) is 17.1 Å². The molecule has 8 nitrogen and oxygen atoms in total. The van der Waals surface area contributed by atoms with E-state index in [9.17, 15) is 4.79 Å². The molecule has 0 atom stereocenters. The molecule has 2 heterocycles. The molecule has 11 heteroatoms. The van der Waals surface area contributed by atoms with Gasteiger partial charge in [0.25, 0.3) is 5.95 Å². The van der Waals surface area contributed by atoms with Crippen LogP contribution < -0.4 is 4.90 Å². The number of aromatic nitrogens is 4. The highest BCUT2D eigenvalue weighted by Gasteiger charge is 2.18. The van der Waals surface area contributed by atoms with Crippen molar-refractivity contribution < 1.29 is 9.63 Å². The van der Waals surface area contributed by atoms with E-state index >= 15 is 0 Å². The molecule has 4 rings (SSSR count). The number of tetrazole rings is 1. The number of nitrogens with zero attached hydrogens (tertiary/aromatic N) is 6. The summed E-state index contributed by atoms with van der Waals surface area (Å²) in [6.07, 6.45) is 3.42. The lowest BCUT2D eigenvalue weighted by atomic mass is 10.1. The van der Waals surface area contributed by atoms with Gasteiger partial charge in [-0.15, -0.1) is 5.10 Å². The second-order valence-electron chi connectivity index (χ2n) is 7.22. The molecule has 0 unspecified atom stereocenters. The van der Waals surface area contributed by atoms with Crippen molar-refractivity contribution in [3.05, 3.63) is 68.7 Å². The van der Waals surface area contributed by atoms with E-state index in [1.807, 2.05) is 0 Å². The Balaban J connectivity index is 1.55. The maximum absolute atomic E-state index is 12.5. The molecule has 0 radical (unpaired) electrons. The predicted molar refractivity (Wildman–Crippen MR) is 124 cm³/mol. The van der Waals surface area contributed by atoms with E-state index in [0.717, 1.165) is 25.9 Å². The topological polar surface area (TPSA) is 85.5 Å². The van der Waals surface area contributed by atoms with Gasteiger partial charge in [-0.25, -0.2) is 4.79 Å². The molecule has 2 aromatic carbocycles. The summed E-state index contributed by atoms with van der Waals surface area (Å²) in [5.41, 5.74) is 1.27. The van der Waals surface area contributed by atoms with Gasteiger partial charge in [0.2, 0.25) is 0 Å². The Labute approximate surface area is 199 Å². The number of hydrogen-bond acceptors (Lipinski definition) is 7. The molecule has 166 valence electrons. The smallest absolute Gasteiger partial charge is 0.338 e. The lowest BCUT2D eigenvalue weighted by Gasteiger charge is -2.24. The molecule has 1 aliphatic rings. The normalized spacial score (nSPS) is 14.5. The Morgan fingerprint density at radius 3 is 2.44 bits per heavy atom. The second-order valence-corrected chi connectivity index (χ2v) is 8.50. The molecule has 0 bridgehead atoms. The molecule has 32 heavy (non-hydrogen) atoms. The number of oxime groups is 1. The first-order chi connectivity index (χ1) is 15.5. The predicted octanol–water partition coefficient (Wildman–Crippen LogP) is 4.88. The zero-order chi connectivity index (χ0) is 22.5. The van der Waals surface area contributed by atoms with Gasteiger partial charge in [-0.05, 0) is 54.8 Å². The third-order valence-electron chi connectivity index (χ3n) is 4.94. The molecule has 0 saturated carbocycles. The molecule has 0 amide bonds. The fourth-order valence-corrected chi connectivity index (χ4v) is 3.88. The Morgan fingerprint density at radius 1 is 1.00 bits per heavy atom. The van der Waals surface area contributed by atoms with Crippen LogP contribution in [-0.4, -0.2) is 45.0 Å². The van der Waals surface area contributed by atoms with Gasteiger partial charge in [0.15, 0.2) is 0 Å². The van der Waals surface area contributed by atoms with Crippen LogP contribution in [0.2, 0.25) is 15.1 Å². The summed E-state index contributed by atoms with van der Waals surface area (Å²) in [5.74, 6) is -0.135. The first-order valence-electron chi connectivity index (χ1n) is 10.0. The lowest BCUT2D eigenvalue weighted by molar-refractivity contribution is 0.0515. The van der Waals surface area contributed by atoms with E-state index in [2.05, 4.69) is 25.5 Å². The van der Waals surface area contributed by atoms with Gasteiger partial charge in [0, 0.05) is 28.7 Å². The van der Waals surface area contributed by atoms with Crippen molar-refractivity contribution in [1.82, 2.24) is 20.2 Å². The molecule has 1 fully saturated rings. The van der Waals surface area contributed by atoms with Crippen LogP contribution in [0.5, 0.6) is 0 Å². The number of carbonyl (C=O) groups excluding carboxylic acids is 1. The molecule has 0 aliphatic carbocycles. The summed E-state index contributed by atoms with van der Waals surface area (Å²) in [7, 11) is 0. The minimum absolute atomic E-state index is 0.143. The third-order valence-corrected chi connectivity index (χ3v) is 5.74. The monoisotopic (exact) mass is 492 g/mol. The minimum Gasteiger partial charge on any atom is -0.338 e. The summed E-state index contributed by atoms with van der Waals surface area (Å²) in [4.78, 5) is 21.2. The van der Waals surface area contributed by atoms with Crippen molar-refractivity contribution in [3.8, 4) is 0 Å². The van der Waals surface area contributed by atoms with Crippen molar-refractivity contribution in [2.24, 2.45) is 5.16 Å². The number of carbonyl (C=O) groups is 1. The average Bonchev–Trinajstić information content (AvgIpc) is 3.26. The first-order valence-corrected chi connectivity index (χ1v) is 11.1. The number of halogens is 3. The molecular formula is C21H19Cl3N6O2. The minimum atomic E-state index is -0.710. The molecular weight excluding hydrogens is 475 g/mol. The van der Waals surface area contributed by atoms with Gasteiger partial charge in [-0.2, -0.15) is 4.80 Å². The lowest BCUT2D eigenvalue weighted by Crippen LogP contribution is -2.30. The van der Waals surface area contributed by atoms with Crippen LogP contribution in [0.25, 0.3) is 0 Å². The summed E-state index contributed by atoms with van der Waals surface area (Å²) in [6.45, 7) is 1.96. The highest BCUT2D eigenvalue weighted by atomic mass is 35.5. The van der Waals surface area contributed by atoms with Crippen LogP contribution in [0.1, 0.15) is 35.2 Å². The fourth-order valence-electron chi connectivity index (χ4n) is 3.27. The zero-order valence-corrected chi connectivity index (χ0v) is 19.2. The van der Waals surface area contributed by atoms with Gasteiger partial charge in [-0.1, -0.05) is 57.2 Å². The standard InChI is InChI=1S/C21H19Cl3N6O2/c22-15-6-4-14(5-7-15)19(27-32-20(31)17-9-8-16(23)12-18(17)24)13-30-26-21(25-28-30)29-10-2-1-3-11-29/h4-9,12H,1-3,10-11,13H2. The van der Waals surface area contributed by atoms with Gasteiger partial charge in [0.1, 0.15) is 12.3 Å². The Morgan fingerprint density at radius 2 is 1.72 bits per heavy atom. The average molecular weight is 494 g/mol. The van der Waals surface area contributed by atoms with Gasteiger partial charge < -0.3 is 9.74 Å². The number of rotatable bonds is 6. The van der Waals surface area contributed by atoms with Crippen LogP contribution in [-0.2, 0) is 11.4 Å². The van der Waals surface area contributed by atoms with E-state index in [1.54, 1.807) is 30.3 Å². The summed E-state index contributed by atoms with van der Waals surface area (Å²) < 4.78 is 0. The third kappa shape index (κ3) is 5.56. The summed E-state index contributed by atoms with van der Waals surface area (Å²) >= 11 is 18.0. The molecule has 0 N–H and O–H groups in total. The zero-order valence-electron chi connectivity index (χ0n) is 16.9. The molecule has 3 aromatic rings. The van der Waals surface area contributed by atoms with Crippen LogP contribution >= 0.6 is 34.8 Å². The largest absolute Gasteiger partial charge is 0.367 e. The van der Waals surface area contributed by atoms with Crippen LogP contribution in [0.3, 0.4) is 0 Å². The Hall–Kier alpha value is -2.68. The van der Waals surface area contributed by atoms with Crippen molar-refractivity contribution >= 4 is 52.4 Å². The molecule has 1 aromatic heterocycles. The Kier molecular flexibility index (Phi) is 7.24. The van der Waals surface area contributed by atoms with Crippen LogP contribution in [0, 0.1) is 0 Å². The van der Waals surface area contributed by atoms with Crippen molar-refractivity contribution in [2.45, 2.75) is 25.8 Å². The van der Waals surface area contributed by atoms with Gasteiger partial charge in [0.05, 0.1) is 10.6 Å². The number of anilines is 1. The quantitative estimate of drug-likeness (QED) is 0.276. The maximum Gasteiger partial charge on any atom is 0.367 e.